The van der Waals surface area contributed by atoms with E-state index in [1.165, 1.54) is 19.3 Å². The molecule has 0 radical (unpaired) electrons. The van der Waals surface area contributed by atoms with Gasteiger partial charge in [-0.05, 0) is 38.0 Å². The molecule has 5 nitrogen and oxygen atoms in total. The molecule has 3 fully saturated rings. The van der Waals surface area contributed by atoms with Gasteiger partial charge in [-0.3, -0.25) is 9.69 Å². The molecule has 3 aliphatic rings. The molecule has 136 valence electrons. The van der Waals surface area contributed by atoms with E-state index in [0.717, 1.165) is 45.9 Å². The number of nitrogens with two attached hydrogens (primary N) is 1. The lowest BCUT2D eigenvalue weighted by molar-refractivity contribution is -0.139. The highest BCUT2D eigenvalue weighted by Crippen LogP contribution is 2.48. The van der Waals surface area contributed by atoms with Crippen molar-refractivity contribution in [1.82, 2.24) is 9.80 Å². The van der Waals surface area contributed by atoms with Crippen molar-refractivity contribution >= 4 is 30.7 Å². The van der Waals surface area contributed by atoms with Crippen LogP contribution in [0.5, 0.6) is 0 Å². The van der Waals surface area contributed by atoms with Gasteiger partial charge in [0.05, 0.1) is 12.5 Å². The fourth-order valence-corrected chi connectivity index (χ4v) is 4.44. The van der Waals surface area contributed by atoms with Crippen LogP contribution in [0.2, 0.25) is 0 Å². The molecule has 2 N–H and O–H groups in total. The average molecular weight is 368 g/mol. The minimum absolute atomic E-state index is 0. The van der Waals surface area contributed by atoms with Crippen LogP contribution in [0.25, 0.3) is 0 Å². The quantitative estimate of drug-likeness (QED) is 0.745. The maximum absolute atomic E-state index is 12.8. The number of piperazine rings is 1. The van der Waals surface area contributed by atoms with E-state index in [0.29, 0.717) is 17.7 Å². The highest BCUT2D eigenvalue weighted by molar-refractivity contribution is 5.85. The molecule has 3 rings (SSSR count). The Kier molecular flexibility index (Phi) is 8.59. The van der Waals surface area contributed by atoms with Gasteiger partial charge in [-0.15, -0.1) is 24.8 Å². The molecule has 1 aliphatic heterocycles. The molecule has 0 aromatic rings. The first-order valence-electron chi connectivity index (χ1n) is 8.55. The third-order valence-electron chi connectivity index (χ3n) is 5.71. The van der Waals surface area contributed by atoms with Crippen molar-refractivity contribution < 1.29 is 9.53 Å². The standard InChI is InChI=1S/C16H29N3O2.2ClH/c1-2-21-10-9-18-5-7-19(8-6-18)16(20)14-12-3-4-13(11-12)15(14)17;;/h12-15H,2-11,17H2,1H3;2*1H. The van der Waals surface area contributed by atoms with E-state index >= 15 is 0 Å². The lowest BCUT2D eigenvalue weighted by Crippen LogP contribution is -2.54. The number of hydrogen-bond donors (Lipinski definition) is 1. The van der Waals surface area contributed by atoms with Gasteiger partial charge < -0.3 is 15.4 Å². The molecule has 0 aromatic heterocycles. The first-order chi connectivity index (χ1) is 10.2. The fraction of sp³-hybridized carbons (Fsp3) is 0.938. The van der Waals surface area contributed by atoms with Gasteiger partial charge in [-0.1, -0.05) is 0 Å². The second kappa shape index (κ2) is 9.42. The van der Waals surface area contributed by atoms with Crippen molar-refractivity contribution in [2.75, 3.05) is 45.9 Å². The van der Waals surface area contributed by atoms with Crippen LogP contribution in [-0.2, 0) is 9.53 Å². The predicted octanol–water partition coefficient (Wildman–Crippen LogP) is 1.38. The zero-order valence-electron chi connectivity index (χ0n) is 14.0. The van der Waals surface area contributed by atoms with Crippen molar-refractivity contribution in [1.29, 1.82) is 0 Å². The fourth-order valence-electron chi connectivity index (χ4n) is 4.44. The number of nitrogens with zero attached hydrogens (tertiary/aromatic N) is 2. The van der Waals surface area contributed by atoms with E-state index in [4.69, 9.17) is 10.5 Å². The van der Waals surface area contributed by atoms with E-state index in [9.17, 15) is 4.79 Å². The molecule has 1 saturated heterocycles. The third-order valence-corrected chi connectivity index (χ3v) is 5.71. The molecule has 2 aliphatic carbocycles. The summed E-state index contributed by atoms with van der Waals surface area (Å²) in [6.45, 7) is 8.21. The summed E-state index contributed by atoms with van der Waals surface area (Å²) in [7, 11) is 0. The van der Waals surface area contributed by atoms with Crippen LogP contribution in [0.15, 0.2) is 0 Å². The van der Waals surface area contributed by atoms with E-state index in [-0.39, 0.29) is 36.8 Å². The van der Waals surface area contributed by atoms with E-state index < -0.39 is 0 Å². The number of ether oxygens (including phenoxy) is 1. The Hall–Kier alpha value is -0.0700. The van der Waals surface area contributed by atoms with Crippen LogP contribution in [0, 0.1) is 17.8 Å². The van der Waals surface area contributed by atoms with Crippen molar-refractivity contribution in [2.45, 2.75) is 32.2 Å². The topological polar surface area (TPSA) is 58.8 Å². The average Bonchev–Trinajstić information content (AvgIpc) is 3.08. The summed E-state index contributed by atoms with van der Waals surface area (Å²) in [5.41, 5.74) is 6.31. The van der Waals surface area contributed by atoms with Crippen LogP contribution >= 0.6 is 24.8 Å². The summed E-state index contributed by atoms with van der Waals surface area (Å²) in [4.78, 5) is 17.2. The largest absolute Gasteiger partial charge is 0.380 e. The SMILES string of the molecule is CCOCCN1CCN(C(=O)C2C3CCC(C3)C2N)CC1.Cl.Cl. The maximum Gasteiger partial charge on any atom is 0.227 e. The van der Waals surface area contributed by atoms with Crippen LogP contribution in [0.3, 0.4) is 0 Å². The van der Waals surface area contributed by atoms with Crippen LogP contribution in [-0.4, -0.2) is 67.7 Å². The second-order valence-corrected chi connectivity index (χ2v) is 6.80. The Bertz CT molecular complexity index is 376. The van der Waals surface area contributed by atoms with Crippen LogP contribution < -0.4 is 5.73 Å². The summed E-state index contributed by atoms with van der Waals surface area (Å²) >= 11 is 0. The smallest absolute Gasteiger partial charge is 0.227 e. The minimum atomic E-state index is 0. The molecule has 1 heterocycles. The van der Waals surface area contributed by atoms with Crippen molar-refractivity contribution in [2.24, 2.45) is 23.5 Å². The first-order valence-corrected chi connectivity index (χ1v) is 8.55. The molecule has 2 saturated carbocycles. The molecule has 4 atom stereocenters. The molecule has 1 amide bonds. The van der Waals surface area contributed by atoms with Gasteiger partial charge in [0.2, 0.25) is 5.91 Å². The van der Waals surface area contributed by atoms with Gasteiger partial charge in [0.25, 0.3) is 0 Å². The van der Waals surface area contributed by atoms with Crippen LogP contribution in [0.1, 0.15) is 26.2 Å². The van der Waals surface area contributed by atoms with E-state index in [2.05, 4.69) is 9.80 Å². The number of amides is 1. The number of fused-ring (bicyclic) bond motifs is 2. The second-order valence-electron chi connectivity index (χ2n) is 6.80. The third kappa shape index (κ3) is 4.51. The summed E-state index contributed by atoms with van der Waals surface area (Å²) in [6.07, 6.45) is 3.63. The van der Waals surface area contributed by atoms with Gasteiger partial charge >= 0.3 is 0 Å². The lowest BCUT2D eigenvalue weighted by Gasteiger charge is -2.38. The molecular weight excluding hydrogens is 337 g/mol. The maximum atomic E-state index is 12.8. The lowest BCUT2D eigenvalue weighted by atomic mass is 9.84. The molecule has 4 unspecified atom stereocenters. The van der Waals surface area contributed by atoms with Gasteiger partial charge in [0.15, 0.2) is 0 Å². The van der Waals surface area contributed by atoms with E-state index in [1.807, 2.05) is 6.92 Å². The Balaban J connectivity index is 0.00000132. The van der Waals surface area contributed by atoms with Crippen molar-refractivity contribution in [3.8, 4) is 0 Å². The molecule has 2 bridgehead atoms. The van der Waals surface area contributed by atoms with Crippen LogP contribution in [0.4, 0.5) is 0 Å². The van der Waals surface area contributed by atoms with Gasteiger partial charge in [-0.25, -0.2) is 0 Å². The number of carbonyl (C=O) groups excluding carboxylic acids is 1. The highest BCUT2D eigenvalue weighted by atomic mass is 35.5. The van der Waals surface area contributed by atoms with Gasteiger partial charge in [0, 0.05) is 45.4 Å². The van der Waals surface area contributed by atoms with Gasteiger partial charge in [-0.2, -0.15) is 0 Å². The zero-order valence-corrected chi connectivity index (χ0v) is 15.6. The number of rotatable bonds is 5. The summed E-state index contributed by atoms with van der Waals surface area (Å²) in [5.74, 6) is 1.61. The molecule has 0 aromatic carbocycles. The monoisotopic (exact) mass is 367 g/mol. The number of halogens is 2. The van der Waals surface area contributed by atoms with Gasteiger partial charge in [0.1, 0.15) is 0 Å². The van der Waals surface area contributed by atoms with Crippen molar-refractivity contribution in [3.05, 3.63) is 0 Å². The summed E-state index contributed by atoms with van der Waals surface area (Å²) in [5, 5.41) is 0. The number of carbonyl (C=O) groups is 1. The number of hydrogen-bond acceptors (Lipinski definition) is 4. The molecule has 7 heteroatoms. The Labute approximate surface area is 152 Å². The summed E-state index contributed by atoms with van der Waals surface area (Å²) in [6, 6.07) is 0.118. The summed E-state index contributed by atoms with van der Waals surface area (Å²) < 4.78 is 5.40. The normalized spacial score (nSPS) is 33.2. The Morgan fingerprint density at radius 1 is 1.13 bits per heavy atom. The zero-order chi connectivity index (χ0) is 14.8. The van der Waals surface area contributed by atoms with E-state index in [1.54, 1.807) is 0 Å². The first kappa shape index (κ1) is 21.0. The van der Waals surface area contributed by atoms with Crippen molar-refractivity contribution in [3.63, 3.8) is 0 Å². The Morgan fingerprint density at radius 2 is 1.78 bits per heavy atom. The Morgan fingerprint density at radius 3 is 2.35 bits per heavy atom. The molecular formula is C16H31Cl2N3O2. The molecule has 0 spiro atoms. The predicted molar refractivity (Wildman–Crippen MR) is 96.3 cm³/mol. The highest BCUT2D eigenvalue weighted by Gasteiger charge is 2.50. The molecule has 23 heavy (non-hydrogen) atoms. The minimum Gasteiger partial charge on any atom is -0.380 e.